The van der Waals surface area contributed by atoms with Crippen molar-refractivity contribution in [2.45, 2.75) is 19.0 Å². The van der Waals surface area contributed by atoms with Crippen LogP contribution in [0.25, 0.3) is 11.4 Å². The molecule has 3 rings (SSSR count). The smallest absolute Gasteiger partial charge is 0.243 e. The van der Waals surface area contributed by atoms with Gasteiger partial charge >= 0.3 is 0 Å². The number of nitrogens with two attached hydrogens (primary N) is 1. The molecule has 0 aliphatic heterocycles. The highest BCUT2D eigenvalue weighted by molar-refractivity contribution is 7.99. The minimum Gasteiger partial charge on any atom is -0.495 e. The number of methoxy groups -OCH3 is 1. The minimum absolute atomic E-state index is 0.0285. The summed E-state index contributed by atoms with van der Waals surface area (Å²) in [6, 6.07) is 7.18. The van der Waals surface area contributed by atoms with E-state index >= 15 is 0 Å². The van der Waals surface area contributed by atoms with E-state index in [1.807, 2.05) is 13.0 Å². The summed E-state index contributed by atoms with van der Waals surface area (Å²) < 4.78 is 11.8. The molecule has 0 atom stereocenters. The molecule has 30 heavy (non-hydrogen) atoms. The summed E-state index contributed by atoms with van der Waals surface area (Å²) in [5.41, 5.74) is 2.25. The van der Waals surface area contributed by atoms with Crippen LogP contribution in [0.1, 0.15) is 11.3 Å². The van der Waals surface area contributed by atoms with Crippen molar-refractivity contribution in [2.75, 3.05) is 30.6 Å². The van der Waals surface area contributed by atoms with E-state index in [-0.39, 0.29) is 24.1 Å². The van der Waals surface area contributed by atoms with Crippen LogP contribution in [0.15, 0.2) is 40.1 Å². The number of nitrogen functional groups attached to an aromatic ring is 1. The first-order valence-electron chi connectivity index (χ1n) is 8.98. The highest BCUT2D eigenvalue weighted by atomic mass is 32.2. The van der Waals surface area contributed by atoms with Gasteiger partial charge in [0.25, 0.3) is 0 Å². The normalized spacial score (nSPS) is 10.6. The summed E-state index contributed by atoms with van der Waals surface area (Å²) in [4.78, 5) is 24.2. The van der Waals surface area contributed by atoms with E-state index in [0.29, 0.717) is 28.2 Å². The number of hydrogen-bond acceptors (Lipinski definition) is 8. The highest BCUT2D eigenvalue weighted by Gasteiger charge is 2.17. The molecule has 4 N–H and O–H groups in total. The Morgan fingerprint density at radius 3 is 2.73 bits per heavy atom. The minimum atomic E-state index is -0.364. The van der Waals surface area contributed by atoms with E-state index < -0.39 is 0 Å². The van der Waals surface area contributed by atoms with E-state index in [0.717, 1.165) is 22.9 Å². The molecular weight excluding hydrogens is 408 g/mol. The first-order valence-corrected chi connectivity index (χ1v) is 9.96. The van der Waals surface area contributed by atoms with Gasteiger partial charge in [-0.2, -0.15) is 0 Å². The van der Waals surface area contributed by atoms with Crippen LogP contribution in [-0.2, 0) is 9.59 Å². The van der Waals surface area contributed by atoms with E-state index in [1.54, 1.807) is 25.1 Å². The summed E-state index contributed by atoms with van der Waals surface area (Å²) >= 11 is 1.11. The molecule has 0 unspecified atom stereocenters. The molecule has 0 fully saturated rings. The van der Waals surface area contributed by atoms with Gasteiger partial charge in [0.2, 0.25) is 17.0 Å². The molecule has 0 spiro atoms. The van der Waals surface area contributed by atoms with Gasteiger partial charge in [-0.1, -0.05) is 17.8 Å². The van der Waals surface area contributed by atoms with Gasteiger partial charge in [0, 0.05) is 0 Å². The summed E-state index contributed by atoms with van der Waals surface area (Å²) in [7, 11) is 1.52. The van der Waals surface area contributed by atoms with E-state index in [9.17, 15) is 9.59 Å². The Labute approximate surface area is 177 Å². The number of aromatic nitrogens is 3. The second-order valence-electron chi connectivity index (χ2n) is 6.38. The van der Waals surface area contributed by atoms with Gasteiger partial charge < -0.3 is 25.6 Å². The fourth-order valence-electron chi connectivity index (χ4n) is 2.65. The van der Waals surface area contributed by atoms with Gasteiger partial charge in [-0.25, -0.2) is 4.68 Å². The van der Waals surface area contributed by atoms with Gasteiger partial charge in [-0.15, -0.1) is 10.2 Å². The molecule has 0 bridgehead atoms. The Morgan fingerprint density at radius 2 is 2.03 bits per heavy atom. The third-order valence-electron chi connectivity index (χ3n) is 4.17. The number of anilines is 1. The van der Waals surface area contributed by atoms with E-state index in [4.69, 9.17) is 15.0 Å². The van der Waals surface area contributed by atoms with Crippen molar-refractivity contribution in [3.63, 3.8) is 0 Å². The van der Waals surface area contributed by atoms with Crippen molar-refractivity contribution in [1.29, 1.82) is 0 Å². The number of ether oxygens (including phenoxy) is 1. The van der Waals surface area contributed by atoms with Crippen LogP contribution in [0.2, 0.25) is 0 Å². The highest BCUT2D eigenvalue weighted by Crippen LogP contribution is 2.26. The zero-order valence-corrected chi connectivity index (χ0v) is 17.6. The molecule has 1 aromatic carbocycles. The fourth-order valence-corrected chi connectivity index (χ4v) is 3.34. The average Bonchev–Trinajstić information content (AvgIpc) is 3.30. The zero-order chi connectivity index (χ0) is 21.7. The molecule has 2 aromatic heterocycles. The van der Waals surface area contributed by atoms with Gasteiger partial charge in [0.05, 0.1) is 36.9 Å². The lowest BCUT2D eigenvalue weighted by atomic mass is 10.2. The van der Waals surface area contributed by atoms with Crippen LogP contribution in [0, 0.1) is 13.8 Å². The molecule has 0 aliphatic carbocycles. The molecule has 10 nitrogen and oxygen atoms in total. The molecule has 2 amide bonds. The fraction of sp³-hybridized carbons (Fsp3) is 0.263. The second kappa shape index (κ2) is 9.35. The number of rotatable bonds is 8. The number of carbonyl (C=O) groups is 2. The van der Waals surface area contributed by atoms with Crippen LogP contribution >= 0.6 is 11.8 Å². The number of nitrogens with one attached hydrogen (secondary N) is 2. The predicted octanol–water partition coefficient (Wildman–Crippen LogP) is 1.72. The molecule has 2 heterocycles. The van der Waals surface area contributed by atoms with Crippen LogP contribution < -0.4 is 21.2 Å². The van der Waals surface area contributed by atoms with Crippen molar-refractivity contribution < 1.29 is 18.7 Å². The van der Waals surface area contributed by atoms with Gasteiger partial charge in [-0.05, 0) is 37.6 Å². The maximum absolute atomic E-state index is 12.1. The lowest BCUT2D eigenvalue weighted by Crippen LogP contribution is -2.34. The third kappa shape index (κ3) is 4.92. The SMILES string of the molecule is COc1ccc(C)cc1NC(=O)CNC(=O)CSc1nnc(-c2ccoc2C)n1N. The summed E-state index contributed by atoms with van der Waals surface area (Å²) in [6.07, 6.45) is 1.54. The monoisotopic (exact) mass is 430 g/mol. The molecule has 3 aromatic rings. The quantitative estimate of drug-likeness (QED) is 0.363. The number of benzene rings is 1. The molecule has 0 aliphatic rings. The number of thioether (sulfide) groups is 1. The number of aryl methyl sites for hydroxylation is 2. The second-order valence-corrected chi connectivity index (χ2v) is 7.33. The van der Waals surface area contributed by atoms with Crippen LogP contribution in [-0.4, -0.2) is 46.1 Å². The van der Waals surface area contributed by atoms with Crippen molar-refractivity contribution in [2.24, 2.45) is 0 Å². The molecule has 0 radical (unpaired) electrons. The molecule has 0 saturated heterocycles. The number of carbonyl (C=O) groups excluding carboxylic acids is 2. The number of furan rings is 1. The largest absolute Gasteiger partial charge is 0.495 e. The zero-order valence-electron chi connectivity index (χ0n) is 16.8. The first kappa shape index (κ1) is 21.2. The maximum Gasteiger partial charge on any atom is 0.243 e. The number of nitrogens with zero attached hydrogens (tertiary/aromatic N) is 3. The van der Waals surface area contributed by atoms with Crippen LogP contribution in [0.5, 0.6) is 5.75 Å². The van der Waals surface area contributed by atoms with E-state index in [1.165, 1.54) is 18.0 Å². The van der Waals surface area contributed by atoms with Gasteiger partial charge in [-0.3, -0.25) is 9.59 Å². The predicted molar refractivity (Wildman–Crippen MR) is 113 cm³/mol. The molecule has 0 saturated carbocycles. The Balaban J connectivity index is 1.50. The lowest BCUT2D eigenvalue weighted by Gasteiger charge is -2.11. The Morgan fingerprint density at radius 1 is 1.23 bits per heavy atom. The van der Waals surface area contributed by atoms with Gasteiger partial charge in [0.1, 0.15) is 11.5 Å². The van der Waals surface area contributed by atoms with Crippen molar-refractivity contribution >= 4 is 29.3 Å². The third-order valence-corrected chi connectivity index (χ3v) is 5.11. The number of hydrogen-bond donors (Lipinski definition) is 3. The molecule has 11 heteroatoms. The van der Waals surface area contributed by atoms with E-state index in [2.05, 4.69) is 20.8 Å². The summed E-state index contributed by atoms with van der Waals surface area (Å²) in [6.45, 7) is 3.52. The summed E-state index contributed by atoms with van der Waals surface area (Å²) in [5, 5.41) is 13.7. The van der Waals surface area contributed by atoms with Crippen molar-refractivity contribution in [3.8, 4) is 17.1 Å². The Hall–Kier alpha value is -3.47. The van der Waals surface area contributed by atoms with Crippen molar-refractivity contribution in [1.82, 2.24) is 20.2 Å². The topological polar surface area (TPSA) is 137 Å². The standard InChI is InChI=1S/C19H22N6O4S/c1-11-4-5-15(28-3)14(8-11)22-16(26)9-21-17(27)10-30-19-24-23-18(25(19)20)13-6-7-29-12(13)2/h4-8H,9-10,20H2,1-3H3,(H,21,27)(H,22,26). The van der Waals surface area contributed by atoms with Crippen LogP contribution in [0.4, 0.5) is 5.69 Å². The lowest BCUT2D eigenvalue weighted by molar-refractivity contribution is -0.122. The Bertz CT molecular complexity index is 1060. The van der Waals surface area contributed by atoms with Gasteiger partial charge in [0.15, 0.2) is 5.82 Å². The van der Waals surface area contributed by atoms with Crippen LogP contribution in [0.3, 0.4) is 0 Å². The maximum atomic E-state index is 12.1. The molecular formula is C19H22N6O4S. The van der Waals surface area contributed by atoms with Crippen molar-refractivity contribution in [3.05, 3.63) is 41.9 Å². The molecule has 158 valence electrons. The first-order chi connectivity index (χ1) is 14.4. The number of amides is 2. The average molecular weight is 430 g/mol. The summed E-state index contributed by atoms with van der Waals surface area (Å²) in [5.74, 6) is 7.00. The Kier molecular flexibility index (Phi) is 6.62.